The van der Waals surface area contributed by atoms with Crippen molar-refractivity contribution >= 4 is 34.9 Å². The normalized spacial score (nSPS) is 10.8. The lowest BCUT2D eigenvalue weighted by molar-refractivity contribution is -0.113. The summed E-state index contributed by atoms with van der Waals surface area (Å²) >= 11 is 1.05. The quantitative estimate of drug-likeness (QED) is 0.417. The zero-order valence-corrected chi connectivity index (χ0v) is 17.4. The summed E-state index contributed by atoms with van der Waals surface area (Å²) in [7, 11) is 0. The van der Waals surface area contributed by atoms with Crippen LogP contribution in [0.15, 0.2) is 72.0 Å². The maximum Gasteiger partial charge on any atom is 0.253 e. The van der Waals surface area contributed by atoms with Crippen molar-refractivity contribution in [2.75, 3.05) is 11.1 Å². The highest BCUT2D eigenvalue weighted by Gasteiger charge is 2.14. The molecule has 0 radical (unpaired) electrons. The van der Waals surface area contributed by atoms with Crippen LogP contribution in [0.2, 0.25) is 0 Å². The summed E-state index contributed by atoms with van der Waals surface area (Å²) in [6, 6.07) is 15.6. The monoisotopic (exact) mass is 453 g/mol. The summed E-state index contributed by atoms with van der Waals surface area (Å²) in [4.78, 5) is 24.7. The molecule has 2 heterocycles. The molecule has 2 N–H and O–H groups in total. The molecule has 0 saturated carbocycles. The van der Waals surface area contributed by atoms with Crippen LogP contribution in [0.1, 0.15) is 15.9 Å². The van der Waals surface area contributed by atoms with E-state index in [-0.39, 0.29) is 17.3 Å². The first-order valence-electron chi connectivity index (χ1n) is 9.54. The van der Waals surface area contributed by atoms with Crippen LogP contribution in [0.3, 0.4) is 0 Å². The molecule has 10 heteroatoms. The van der Waals surface area contributed by atoms with Crippen LogP contribution >= 0.6 is 11.8 Å². The molecule has 0 aliphatic carbocycles. The number of aromatic nitrogens is 3. The lowest BCUT2D eigenvalue weighted by Crippen LogP contribution is -2.23. The van der Waals surface area contributed by atoms with E-state index >= 15 is 0 Å². The van der Waals surface area contributed by atoms with Gasteiger partial charge in [-0.05, 0) is 29.8 Å². The summed E-state index contributed by atoms with van der Waals surface area (Å²) in [5.74, 6) is -2.30. The molecule has 2 aromatic carbocycles. The Labute approximate surface area is 185 Å². The number of anilines is 1. The number of hydrogen-bond donors (Lipinski definition) is 2. The van der Waals surface area contributed by atoms with Crippen molar-refractivity contribution < 1.29 is 18.4 Å². The van der Waals surface area contributed by atoms with Gasteiger partial charge in [0, 0.05) is 18.8 Å². The van der Waals surface area contributed by atoms with Crippen molar-refractivity contribution in [2.24, 2.45) is 0 Å². The Morgan fingerprint density at radius 1 is 1.00 bits per heavy atom. The Morgan fingerprint density at radius 2 is 1.81 bits per heavy atom. The highest BCUT2D eigenvalue weighted by Crippen LogP contribution is 2.20. The highest BCUT2D eigenvalue weighted by atomic mass is 32.2. The SMILES string of the molecule is O=C(CSc1nnc2ccc(C(=O)NCc3ccccc3)cn12)Nc1cc(F)ccc1F. The first-order valence-corrected chi connectivity index (χ1v) is 10.5. The van der Waals surface area contributed by atoms with Crippen molar-refractivity contribution in [3.8, 4) is 0 Å². The van der Waals surface area contributed by atoms with Gasteiger partial charge in [-0.15, -0.1) is 10.2 Å². The third kappa shape index (κ3) is 5.09. The molecule has 32 heavy (non-hydrogen) atoms. The van der Waals surface area contributed by atoms with Gasteiger partial charge in [-0.25, -0.2) is 8.78 Å². The molecule has 0 atom stereocenters. The minimum Gasteiger partial charge on any atom is -0.348 e. The van der Waals surface area contributed by atoms with Gasteiger partial charge in [-0.1, -0.05) is 42.1 Å². The number of hydrogen-bond acceptors (Lipinski definition) is 5. The van der Waals surface area contributed by atoms with Crippen molar-refractivity contribution in [1.29, 1.82) is 0 Å². The van der Waals surface area contributed by atoms with Crippen LogP contribution < -0.4 is 10.6 Å². The van der Waals surface area contributed by atoms with E-state index in [1.807, 2.05) is 30.3 Å². The lowest BCUT2D eigenvalue weighted by Gasteiger charge is -2.07. The van der Waals surface area contributed by atoms with E-state index in [2.05, 4.69) is 20.8 Å². The number of pyridine rings is 1. The van der Waals surface area contributed by atoms with Crippen molar-refractivity contribution in [3.63, 3.8) is 0 Å². The molecular formula is C22H17F2N5O2S. The first-order chi connectivity index (χ1) is 15.5. The summed E-state index contributed by atoms with van der Waals surface area (Å²) < 4.78 is 28.5. The third-order valence-corrected chi connectivity index (χ3v) is 5.41. The molecule has 0 spiro atoms. The van der Waals surface area contributed by atoms with Crippen LogP contribution in [-0.4, -0.2) is 32.2 Å². The molecule has 0 aliphatic rings. The molecule has 2 amide bonds. The van der Waals surface area contributed by atoms with E-state index in [0.29, 0.717) is 22.9 Å². The average Bonchev–Trinajstić information content (AvgIpc) is 3.21. The third-order valence-electron chi connectivity index (χ3n) is 4.46. The standard InChI is InChI=1S/C22H17F2N5O2S/c23-16-7-8-17(24)18(10-16)26-20(30)13-32-22-28-27-19-9-6-15(12-29(19)22)21(31)25-11-14-4-2-1-3-5-14/h1-10,12H,11,13H2,(H,25,31)(H,26,30). The van der Waals surface area contributed by atoms with E-state index in [0.717, 1.165) is 35.5 Å². The number of carbonyl (C=O) groups excluding carboxylic acids is 2. The summed E-state index contributed by atoms with van der Waals surface area (Å²) in [6.45, 7) is 0.387. The van der Waals surface area contributed by atoms with Gasteiger partial charge in [0.25, 0.3) is 5.91 Å². The van der Waals surface area contributed by atoms with Crippen molar-refractivity contribution in [2.45, 2.75) is 11.7 Å². The molecule has 162 valence electrons. The minimum atomic E-state index is -0.733. The predicted octanol–water partition coefficient (Wildman–Crippen LogP) is 3.67. The van der Waals surface area contributed by atoms with Crippen molar-refractivity contribution in [3.05, 3.63) is 89.6 Å². The number of nitrogens with one attached hydrogen (secondary N) is 2. The first kappa shape index (κ1) is 21.4. The van der Waals surface area contributed by atoms with E-state index in [1.54, 1.807) is 22.7 Å². The Kier molecular flexibility index (Phi) is 6.41. The van der Waals surface area contributed by atoms with Crippen LogP contribution in [0.25, 0.3) is 5.65 Å². The average molecular weight is 453 g/mol. The molecule has 7 nitrogen and oxygen atoms in total. The fourth-order valence-corrected chi connectivity index (χ4v) is 3.61. The fourth-order valence-electron chi connectivity index (χ4n) is 2.89. The van der Waals surface area contributed by atoms with Crippen LogP contribution in [0.5, 0.6) is 0 Å². The van der Waals surface area contributed by atoms with Gasteiger partial charge in [0.15, 0.2) is 10.8 Å². The molecule has 4 rings (SSSR count). The van der Waals surface area contributed by atoms with Gasteiger partial charge < -0.3 is 10.6 Å². The second-order valence-electron chi connectivity index (χ2n) is 6.76. The lowest BCUT2D eigenvalue weighted by atomic mass is 10.2. The second-order valence-corrected chi connectivity index (χ2v) is 7.70. The topological polar surface area (TPSA) is 88.4 Å². The van der Waals surface area contributed by atoms with Gasteiger partial charge >= 0.3 is 0 Å². The minimum absolute atomic E-state index is 0.110. The molecule has 0 fully saturated rings. The number of thioether (sulfide) groups is 1. The number of benzene rings is 2. The summed E-state index contributed by atoms with van der Waals surface area (Å²) in [5.41, 5.74) is 1.65. The number of halogens is 2. The zero-order valence-electron chi connectivity index (χ0n) is 16.6. The van der Waals surface area contributed by atoms with Gasteiger partial charge in [0.1, 0.15) is 11.6 Å². The molecule has 0 saturated heterocycles. The predicted molar refractivity (Wildman–Crippen MR) is 116 cm³/mol. The number of rotatable bonds is 7. The largest absolute Gasteiger partial charge is 0.348 e. The molecule has 0 unspecified atom stereocenters. The molecular weight excluding hydrogens is 436 g/mol. The van der Waals surface area contributed by atoms with Gasteiger partial charge in [0.2, 0.25) is 5.91 Å². The van der Waals surface area contributed by atoms with Crippen LogP contribution in [-0.2, 0) is 11.3 Å². The number of fused-ring (bicyclic) bond motifs is 1. The van der Waals surface area contributed by atoms with Crippen LogP contribution in [0.4, 0.5) is 14.5 Å². The smallest absolute Gasteiger partial charge is 0.253 e. The van der Waals surface area contributed by atoms with E-state index in [4.69, 9.17) is 0 Å². The Morgan fingerprint density at radius 3 is 2.62 bits per heavy atom. The Bertz CT molecular complexity index is 1280. The van der Waals surface area contributed by atoms with E-state index in [1.165, 1.54) is 0 Å². The van der Waals surface area contributed by atoms with Gasteiger partial charge in [0.05, 0.1) is 17.0 Å². The van der Waals surface area contributed by atoms with E-state index in [9.17, 15) is 18.4 Å². The van der Waals surface area contributed by atoms with Crippen molar-refractivity contribution in [1.82, 2.24) is 19.9 Å². The molecule has 0 aliphatic heterocycles. The van der Waals surface area contributed by atoms with E-state index < -0.39 is 17.5 Å². The summed E-state index contributed by atoms with van der Waals surface area (Å²) in [6.07, 6.45) is 1.59. The Hall–Kier alpha value is -3.79. The number of carbonyl (C=O) groups is 2. The number of amides is 2. The number of nitrogens with zero attached hydrogens (tertiary/aromatic N) is 3. The summed E-state index contributed by atoms with van der Waals surface area (Å²) in [5, 5.41) is 13.6. The fraction of sp³-hybridized carbons (Fsp3) is 0.0909. The molecule has 2 aromatic heterocycles. The maximum absolute atomic E-state index is 13.7. The highest BCUT2D eigenvalue weighted by molar-refractivity contribution is 7.99. The molecule has 4 aromatic rings. The second kappa shape index (κ2) is 9.56. The zero-order chi connectivity index (χ0) is 22.5. The van der Waals surface area contributed by atoms with Gasteiger partial charge in [-0.3, -0.25) is 14.0 Å². The van der Waals surface area contributed by atoms with Gasteiger partial charge in [-0.2, -0.15) is 0 Å². The Balaban J connectivity index is 1.41. The molecule has 0 bridgehead atoms. The maximum atomic E-state index is 13.7. The van der Waals surface area contributed by atoms with Crippen LogP contribution in [0, 0.1) is 11.6 Å².